The molecule has 1 aromatic carbocycles. The van der Waals surface area contributed by atoms with Gasteiger partial charge in [0.2, 0.25) is 0 Å². The minimum absolute atomic E-state index is 0.0932. The molecule has 0 radical (unpaired) electrons. The lowest BCUT2D eigenvalue weighted by Crippen LogP contribution is -2.18. The van der Waals surface area contributed by atoms with Crippen LogP contribution in [0.3, 0.4) is 0 Å². The zero-order valence-electron chi connectivity index (χ0n) is 11.2. The number of phenols is 1. The van der Waals surface area contributed by atoms with E-state index < -0.39 is 23.2 Å². The Labute approximate surface area is 129 Å². The van der Waals surface area contributed by atoms with Crippen LogP contribution < -0.4 is 4.74 Å². The fraction of sp³-hybridized carbons (Fsp3) is 0.500. The lowest BCUT2D eigenvalue weighted by Gasteiger charge is -2.16. The number of hydrogen-bond acceptors (Lipinski definition) is 3. The van der Waals surface area contributed by atoms with E-state index in [4.69, 9.17) is 4.74 Å². The van der Waals surface area contributed by atoms with Crippen LogP contribution in [-0.4, -0.2) is 11.1 Å². The number of benzene rings is 1. The molecule has 1 unspecified atom stereocenters. The fourth-order valence-electron chi connectivity index (χ4n) is 2.17. The molecule has 0 amide bonds. The molecule has 1 aliphatic rings. The van der Waals surface area contributed by atoms with Crippen LogP contribution in [0.15, 0.2) is 6.07 Å². The summed E-state index contributed by atoms with van der Waals surface area (Å²) < 4.78 is 33.1. The quantitative estimate of drug-likeness (QED) is 0.478. The van der Waals surface area contributed by atoms with E-state index in [1.165, 1.54) is 6.07 Å². The third kappa shape index (κ3) is 2.62. The van der Waals surface area contributed by atoms with Gasteiger partial charge in [-0.25, -0.2) is 8.78 Å². The predicted octanol–water partition coefficient (Wildman–Crippen LogP) is 3.99. The lowest BCUT2D eigenvalue weighted by molar-refractivity contribution is -0.138. The smallest absolute Gasteiger partial charge is 0.314 e. The Bertz CT molecular complexity index is 558. The number of aromatic hydroxyl groups is 1. The zero-order chi connectivity index (χ0) is 15.1. The molecule has 0 heterocycles. The third-order valence-electron chi connectivity index (χ3n) is 3.60. The second-order valence-electron chi connectivity index (χ2n) is 4.99. The SMILES string of the molecule is CCC(C)C(=O)Oc1cc(I)c(O)c2c1CCC2(F)F. The molecule has 0 fully saturated rings. The molecular formula is C14H15F2IO3. The van der Waals surface area contributed by atoms with Crippen molar-refractivity contribution >= 4 is 28.6 Å². The van der Waals surface area contributed by atoms with Crippen molar-refractivity contribution in [2.24, 2.45) is 5.92 Å². The standard InChI is InChI=1S/C14H15F2IO3/c1-3-7(2)13(19)20-10-6-9(17)12(18)11-8(10)4-5-14(11,15)16/h6-7,18H,3-5H2,1-2H3. The first-order valence-corrected chi connectivity index (χ1v) is 7.50. The van der Waals surface area contributed by atoms with Gasteiger partial charge in [-0.1, -0.05) is 13.8 Å². The Balaban J connectivity index is 2.45. The van der Waals surface area contributed by atoms with Gasteiger partial charge in [0.05, 0.1) is 15.1 Å². The van der Waals surface area contributed by atoms with Crippen molar-refractivity contribution in [1.29, 1.82) is 0 Å². The van der Waals surface area contributed by atoms with Crippen molar-refractivity contribution in [3.63, 3.8) is 0 Å². The number of halogens is 3. The summed E-state index contributed by atoms with van der Waals surface area (Å²) >= 11 is 1.76. The number of esters is 1. The summed E-state index contributed by atoms with van der Waals surface area (Å²) in [6.45, 7) is 3.58. The van der Waals surface area contributed by atoms with Crippen molar-refractivity contribution in [1.82, 2.24) is 0 Å². The molecule has 1 N–H and O–H groups in total. The molecule has 1 aliphatic carbocycles. The summed E-state index contributed by atoms with van der Waals surface area (Å²) in [7, 11) is 0. The molecule has 0 saturated carbocycles. The fourth-order valence-corrected chi connectivity index (χ4v) is 2.72. The molecule has 110 valence electrons. The highest BCUT2D eigenvalue weighted by Crippen LogP contribution is 2.50. The summed E-state index contributed by atoms with van der Waals surface area (Å²) in [6.07, 6.45) is 0.339. The Morgan fingerprint density at radius 2 is 2.25 bits per heavy atom. The summed E-state index contributed by atoms with van der Waals surface area (Å²) in [6, 6.07) is 1.44. The Hall–Kier alpha value is -0.920. The van der Waals surface area contributed by atoms with Gasteiger partial charge in [0.1, 0.15) is 11.5 Å². The molecule has 6 heteroatoms. The lowest BCUT2D eigenvalue weighted by atomic mass is 10.1. The molecular weight excluding hydrogens is 381 g/mol. The van der Waals surface area contributed by atoms with Crippen LogP contribution >= 0.6 is 22.6 Å². The van der Waals surface area contributed by atoms with Crippen LogP contribution in [0.5, 0.6) is 11.5 Å². The largest absolute Gasteiger partial charge is 0.506 e. The minimum atomic E-state index is -3.07. The zero-order valence-corrected chi connectivity index (χ0v) is 13.3. The summed E-state index contributed by atoms with van der Waals surface area (Å²) in [5, 5.41) is 9.84. The second kappa shape index (κ2) is 5.46. The van der Waals surface area contributed by atoms with Gasteiger partial charge in [-0.2, -0.15) is 0 Å². The van der Waals surface area contributed by atoms with Crippen molar-refractivity contribution in [2.75, 3.05) is 0 Å². The Morgan fingerprint density at radius 3 is 2.85 bits per heavy atom. The number of carbonyl (C=O) groups is 1. The number of ether oxygens (including phenoxy) is 1. The van der Waals surface area contributed by atoms with E-state index in [1.54, 1.807) is 29.5 Å². The van der Waals surface area contributed by atoms with Crippen LogP contribution in [0, 0.1) is 9.49 Å². The van der Waals surface area contributed by atoms with E-state index in [-0.39, 0.29) is 33.6 Å². The molecule has 2 rings (SSSR count). The van der Waals surface area contributed by atoms with E-state index in [0.717, 1.165) is 0 Å². The van der Waals surface area contributed by atoms with E-state index in [9.17, 15) is 18.7 Å². The van der Waals surface area contributed by atoms with E-state index in [1.807, 2.05) is 6.92 Å². The van der Waals surface area contributed by atoms with Gasteiger partial charge in [0.25, 0.3) is 5.92 Å². The highest BCUT2D eigenvalue weighted by molar-refractivity contribution is 14.1. The van der Waals surface area contributed by atoms with E-state index in [2.05, 4.69) is 0 Å². The first-order chi connectivity index (χ1) is 9.27. The van der Waals surface area contributed by atoms with Crippen molar-refractivity contribution in [3.8, 4) is 11.5 Å². The van der Waals surface area contributed by atoms with Crippen LogP contribution in [0.1, 0.15) is 37.8 Å². The molecule has 0 aromatic heterocycles. The molecule has 20 heavy (non-hydrogen) atoms. The molecule has 1 aromatic rings. The first kappa shape index (κ1) is 15.5. The van der Waals surface area contributed by atoms with Gasteiger partial charge >= 0.3 is 5.97 Å². The Kier molecular flexibility index (Phi) is 4.22. The number of rotatable bonds is 3. The summed E-state index contributed by atoms with van der Waals surface area (Å²) in [4.78, 5) is 11.8. The number of alkyl halides is 2. The first-order valence-electron chi connectivity index (χ1n) is 6.42. The molecule has 1 atom stereocenters. The van der Waals surface area contributed by atoms with Gasteiger partial charge in [-0.3, -0.25) is 4.79 Å². The van der Waals surface area contributed by atoms with Gasteiger partial charge in [-0.15, -0.1) is 0 Å². The van der Waals surface area contributed by atoms with Gasteiger partial charge < -0.3 is 9.84 Å². The topological polar surface area (TPSA) is 46.5 Å². The maximum Gasteiger partial charge on any atom is 0.314 e. The van der Waals surface area contributed by atoms with Crippen molar-refractivity contribution < 1.29 is 23.4 Å². The molecule has 0 bridgehead atoms. The maximum absolute atomic E-state index is 13.8. The van der Waals surface area contributed by atoms with Gasteiger partial charge in [0, 0.05) is 12.0 Å². The van der Waals surface area contributed by atoms with E-state index >= 15 is 0 Å². The highest BCUT2D eigenvalue weighted by atomic mass is 127. The van der Waals surface area contributed by atoms with Crippen LogP contribution in [0.25, 0.3) is 0 Å². The number of carbonyl (C=O) groups excluding carboxylic acids is 1. The second-order valence-corrected chi connectivity index (χ2v) is 6.16. The van der Waals surface area contributed by atoms with Crippen LogP contribution in [0.2, 0.25) is 0 Å². The predicted molar refractivity (Wildman–Crippen MR) is 78.1 cm³/mol. The monoisotopic (exact) mass is 396 g/mol. The van der Waals surface area contributed by atoms with Crippen molar-refractivity contribution in [2.45, 2.75) is 39.0 Å². The van der Waals surface area contributed by atoms with Gasteiger partial charge in [-0.05, 0) is 41.5 Å². The molecule has 0 aliphatic heterocycles. The number of hydrogen-bond donors (Lipinski definition) is 1. The van der Waals surface area contributed by atoms with Crippen LogP contribution in [0.4, 0.5) is 8.78 Å². The Morgan fingerprint density at radius 1 is 1.60 bits per heavy atom. The van der Waals surface area contributed by atoms with Gasteiger partial charge in [0.15, 0.2) is 0 Å². The highest BCUT2D eigenvalue weighted by Gasteiger charge is 2.44. The normalized spacial score (nSPS) is 17.6. The molecule has 3 nitrogen and oxygen atoms in total. The summed E-state index contributed by atoms with van der Waals surface area (Å²) in [5.41, 5.74) is -0.152. The average molecular weight is 396 g/mol. The summed E-state index contributed by atoms with van der Waals surface area (Å²) in [5.74, 6) is -4.07. The average Bonchev–Trinajstić information content (AvgIpc) is 2.70. The number of phenolic OH excluding ortho intramolecular Hbond substituents is 1. The minimum Gasteiger partial charge on any atom is -0.506 e. The van der Waals surface area contributed by atoms with Crippen LogP contribution in [-0.2, 0) is 17.1 Å². The molecule has 0 spiro atoms. The third-order valence-corrected chi connectivity index (χ3v) is 4.42. The number of fused-ring (bicyclic) bond motifs is 1. The van der Waals surface area contributed by atoms with E-state index in [0.29, 0.717) is 6.42 Å². The van der Waals surface area contributed by atoms with Crippen molar-refractivity contribution in [3.05, 3.63) is 20.8 Å². The maximum atomic E-state index is 13.8. The molecule has 0 saturated heterocycles.